The number of carbonyl (C=O) groups excluding carboxylic acids is 1. The summed E-state index contributed by atoms with van der Waals surface area (Å²) in [5.74, 6) is -1.12. The highest BCUT2D eigenvalue weighted by atomic mass is 35.5. The van der Waals surface area contributed by atoms with Crippen LogP contribution in [0.15, 0.2) is 29.2 Å². The molecule has 0 fully saturated rings. The third-order valence-electron chi connectivity index (χ3n) is 4.15. The van der Waals surface area contributed by atoms with Gasteiger partial charge in [-0.3, -0.25) is 9.59 Å². The molecule has 3 rings (SSSR count). The van der Waals surface area contributed by atoms with Crippen molar-refractivity contribution in [3.8, 4) is 0 Å². The van der Waals surface area contributed by atoms with E-state index in [1.165, 1.54) is 12.1 Å². The fourth-order valence-corrected chi connectivity index (χ4v) is 4.96. The van der Waals surface area contributed by atoms with Crippen molar-refractivity contribution in [1.82, 2.24) is 0 Å². The second-order valence-electron chi connectivity index (χ2n) is 5.79. The molecule has 0 saturated heterocycles. The largest absolute Gasteiger partial charge is 0.481 e. The van der Waals surface area contributed by atoms with Gasteiger partial charge in [-0.1, -0.05) is 40.9 Å². The van der Waals surface area contributed by atoms with Crippen LogP contribution in [0.4, 0.5) is 0 Å². The Labute approximate surface area is 164 Å². The van der Waals surface area contributed by atoms with Gasteiger partial charge in [0.25, 0.3) is 0 Å². The van der Waals surface area contributed by atoms with E-state index in [1.807, 2.05) is 6.07 Å². The average Bonchev–Trinajstić information content (AvgIpc) is 3.00. The second kappa shape index (κ2) is 7.20. The van der Waals surface area contributed by atoms with E-state index in [0.717, 1.165) is 22.6 Å². The summed E-state index contributed by atoms with van der Waals surface area (Å²) in [5.41, 5.74) is 2.20. The molecule has 1 aliphatic rings. The molecule has 0 amide bonds. The van der Waals surface area contributed by atoms with E-state index in [-0.39, 0.29) is 21.4 Å². The Morgan fingerprint density at radius 1 is 1.12 bits per heavy atom. The van der Waals surface area contributed by atoms with Gasteiger partial charge >= 0.3 is 5.97 Å². The Morgan fingerprint density at radius 2 is 1.76 bits per heavy atom. The molecule has 0 bridgehead atoms. The van der Waals surface area contributed by atoms with E-state index < -0.39 is 11.9 Å². The molecule has 1 aliphatic heterocycles. The lowest BCUT2D eigenvalue weighted by molar-refractivity contribution is -0.138. The van der Waals surface area contributed by atoms with Crippen LogP contribution in [0.5, 0.6) is 0 Å². The number of thioether (sulfide) groups is 1. The zero-order valence-electron chi connectivity index (χ0n) is 13.1. The third-order valence-corrected chi connectivity index (χ3v) is 6.15. The quantitative estimate of drug-likeness (QED) is 0.649. The number of hydrogen-bond acceptors (Lipinski definition) is 3. The lowest BCUT2D eigenvalue weighted by Crippen LogP contribution is -2.11. The number of benzene rings is 2. The van der Waals surface area contributed by atoms with E-state index in [2.05, 4.69) is 0 Å². The molecule has 2 aromatic carbocycles. The second-order valence-corrected chi connectivity index (χ2v) is 8.14. The first-order valence-corrected chi connectivity index (χ1v) is 9.63. The SMILES string of the molecule is CC(C(=O)O)c1cc2c(c(C(=O)c3c(Cl)cc(Cl)cc3Cl)c1)SCC2. The van der Waals surface area contributed by atoms with Gasteiger partial charge in [0.15, 0.2) is 5.78 Å². The highest BCUT2D eigenvalue weighted by molar-refractivity contribution is 7.99. The Bertz CT molecular complexity index is 872. The van der Waals surface area contributed by atoms with Gasteiger partial charge in [0, 0.05) is 21.2 Å². The van der Waals surface area contributed by atoms with Gasteiger partial charge in [-0.05, 0) is 42.7 Å². The molecule has 2 aromatic rings. The van der Waals surface area contributed by atoms with Crippen LogP contribution in [0.25, 0.3) is 0 Å². The summed E-state index contributed by atoms with van der Waals surface area (Å²) < 4.78 is 0. The van der Waals surface area contributed by atoms with Gasteiger partial charge in [0.05, 0.1) is 21.5 Å². The summed E-state index contributed by atoms with van der Waals surface area (Å²) in [6.45, 7) is 1.60. The van der Waals surface area contributed by atoms with Gasteiger partial charge in [-0.25, -0.2) is 0 Å². The van der Waals surface area contributed by atoms with Crippen molar-refractivity contribution in [2.45, 2.75) is 24.2 Å². The Morgan fingerprint density at radius 3 is 2.36 bits per heavy atom. The molecule has 1 unspecified atom stereocenters. The molecule has 0 aromatic heterocycles. The summed E-state index contributed by atoms with van der Waals surface area (Å²) in [7, 11) is 0. The zero-order chi connectivity index (χ0) is 18.3. The van der Waals surface area contributed by atoms with Crippen LogP contribution in [0.3, 0.4) is 0 Å². The predicted molar refractivity (Wildman–Crippen MR) is 102 cm³/mol. The molecule has 1 atom stereocenters. The highest BCUT2D eigenvalue weighted by Crippen LogP contribution is 2.40. The van der Waals surface area contributed by atoms with Crippen molar-refractivity contribution in [2.24, 2.45) is 0 Å². The summed E-state index contributed by atoms with van der Waals surface area (Å²) in [5, 5.41) is 10.0. The minimum absolute atomic E-state index is 0.177. The standard InChI is InChI=1S/C18H13Cl3O3S/c1-8(18(23)24)10-4-9-2-3-25-17(9)12(5-10)16(22)15-13(20)6-11(19)7-14(15)21/h4-8H,2-3H2,1H3,(H,23,24). The number of ketones is 1. The maximum Gasteiger partial charge on any atom is 0.310 e. The smallest absolute Gasteiger partial charge is 0.310 e. The normalized spacial score (nSPS) is 14.2. The predicted octanol–water partition coefficient (Wildman–Crippen LogP) is 5.71. The molecule has 0 saturated carbocycles. The van der Waals surface area contributed by atoms with Crippen molar-refractivity contribution < 1.29 is 14.7 Å². The van der Waals surface area contributed by atoms with Crippen molar-refractivity contribution in [2.75, 3.05) is 5.75 Å². The van der Waals surface area contributed by atoms with Crippen LogP contribution < -0.4 is 0 Å². The fraction of sp³-hybridized carbons (Fsp3) is 0.222. The first kappa shape index (κ1) is 18.6. The van der Waals surface area contributed by atoms with Gasteiger partial charge in [-0.2, -0.15) is 0 Å². The van der Waals surface area contributed by atoms with Gasteiger partial charge < -0.3 is 5.11 Å². The molecular formula is C18H13Cl3O3S. The first-order valence-electron chi connectivity index (χ1n) is 7.51. The molecule has 0 radical (unpaired) electrons. The highest BCUT2D eigenvalue weighted by Gasteiger charge is 2.27. The molecule has 3 nitrogen and oxygen atoms in total. The molecule has 130 valence electrons. The van der Waals surface area contributed by atoms with Crippen molar-refractivity contribution in [3.05, 3.63) is 61.6 Å². The maximum atomic E-state index is 13.1. The molecule has 7 heteroatoms. The molecule has 0 aliphatic carbocycles. The van der Waals surface area contributed by atoms with E-state index in [9.17, 15) is 14.7 Å². The van der Waals surface area contributed by atoms with Crippen molar-refractivity contribution in [1.29, 1.82) is 0 Å². The summed E-state index contributed by atoms with van der Waals surface area (Å²) >= 11 is 19.9. The molecule has 1 heterocycles. The van der Waals surface area contributed by atoms with E-state index >= 15 is 0 Å². The number of hydrogen-bond donors (Lipinski definition) is 1. The van der Waals surface area contributed by atoms with E-state index in [4.69, 9.17) is 34.8 Å². The van der Waals surface area contributed by atoms with Crippen LogP contribution >= 0.6 is 46.6 Å². The van der Waals surface area contributed by atoms with Gasteiger partial charge in [0.2, 0.25) is 0 Å². The average molecular weight is 416 g/mol. The number of fused-ring (bicyclic) bond motifs is 1. The van der Waals surface area contributed by atoms with Crippen LogP contribution in [0.2, 0.25) is 15.1 Å². The number of aliphatic carboxylic acids is 1. The fourth-order valence-electron chi connectivity index (χ4n) is 2.79. The van der Waals surface area contributed by atoms with E-state index in [1.54, 1.807) is 24.8 Å². The number of carboxylic acids is 1. The van der Waals surface area contributed by atoms with E-state index in [0.29, 0.717) is 16.1 Å². The number of carboxylic acid groups (broad SMARTS) is 1. The number of rotatable bonds is 4. The van der Waals surface area contributed by atoms with Crippen molar-refractivity contribution in [3.63, 3.8) is 0 Å². The lowest BCUT2D eigenvalue weighted by atomic mass is 9.92. The van der Waals surface area contributed by atoms with Crippen LogP contribution in [-0.4, -0.2) is 22.6 Å². The monoisotopic (exact) mass is 414 g/mol. The Kier molecular flexibility index (Phi) is 5.35. The molecule has 25 heavy (non-hydrogen) atoms. The van der Waals surface area contributed by atoms with Crippen molar-refractivity contribution >= 4 is 58.3 Å². The maximum absolute atomic E-state index is 13.1. The number of aryl methyl sites for hydroxylation is 1. The summed E-state index contributed by atoms with van der Waals surface area (Å²) in [6, 6.07) is 6.45. The lowest BCUT2D eigenvalue weighted by Gasteiger charge is -2.14. The Hall–Kier alpha value is -1.20. The first-order chi connectivity index (χ1) is 11.8. The third kappa shape index (κ3) is 3.54. The summed E-state index contributed by atoms with van der Waals surface area (Å²) in [6.07, 6.45) is 0.794. The number of halogens is 3. The van der Waals surface area contributed by atoms with Crippen LogP contribution in [-0.2, 0) is 11.2 Å². The van der Waals surface area contributed by atoms with Crippen LogP contribution in [0.1, 0.15) is 39.9 Å². The van der Waals surface area contributed by atoms with Gasteiger partial charge in [0.1, 0.15) is 0 Å². The molecule has 1 N–H and O–H groups in total. The molecular weight excluding hydrogens is 403 g/mol. The molecule has 0 spiro atoms. The summed E-state index contributed by atoms with van der Waals surface area (Å²) in [4.78, 5) is 25.3. The van der Waals surface area contributed by atoms with Crippen LogP contribution in [0, 0.1) is 0 Å². The number of carbonyl (C=O) groups is 2. The minimum atomic E-state index is -0.938. The van der Waals surface area contributed by atoms with Gasteiger partial charge in [-0.15, -0.1) is 11.8 Å². The zero-order valence-corrected chi connectivity index (χ0v) is 16.2. The Balaban J connectivity index is 2.17. The topological polar surface area (TPSA) is 54.4 Å². The minimum Gasteiger partial charge on any atom is -0.481 e.